The van der Waals surface area contributed by atoms with E-state index in [9.17, 15) is 13.2 Å². The van der Waals surface area contributed by atoms with Crippen LogP contribution in [0.2, 0.25) is 5.02 Å². The number of benzene rings is 1. The van der Waals surface area contributed by atoms with E-state index >= 15 is 0 Å². The van der Waals surface area contributed by atoms with Gasteiger partial charge in [0, 0.05) is 5.75 Å². The van der Waals surface area contributed by atoms with Gasteiger partial charge in [-0.3, -0.25) is 4.99 Å². The minimum Gasteiger partial charge on any atom is -0.334 e. The predicted molar refractivity (Wildman–Crippen MR) is 78.7 cm³/mol. The smallest absolute Gasteiger partial charge is 0.334 e. The molecule has 1 aliphatic rings. The van der Waals surface area contributed by atoms with E-state index in [1.165, 1.54) is 17.8 Å². The Labute approximate surface area is 124 Å². The van der Waals surface area contributed by atoms with Crippen LogP contribution in [0.1, 0.15) is 25.8 Å². The number of amidine groups is 1. The summed E-state index contributed by atoms with van der Waals surface area (Å²) >= 11 is 7.43. The Kier molecular flexibility index (Phi) is 4.25. The molecule has 0 bridgehead atoms. The average molecular weight is 323 g/mol. The SMILES string of the molecule is CCC1(C)CSC(Nc2cc(C(F)(F)F)ccc2Cl)=N1. The lowest BCUT2D eigenvalue weighted by atomic mass is 10.0. The van der Waals surface area contributed by atoms with Gasteiger partial charge in [0.1, 0.15) is 0 Å². The highest BCUT2D eigenvalue weighted by Crippen LogP contribution is 2.36. The predicted octanol–water partition coefficient (Wildman–Crippen LogP) is 5.04. The number of thioether (sulfide) groups is 1. The van der Waals surface area contributed by atoms with Gasteiger partial charge in [0.15, 0.2) is 5.17 Å². The molecule has 20 heavy (non-hydrogen) atoms. The molecule has 0 radical (unpaired) electrons. The average Bonchev–Trinajstić information content (AvgIpc) is 2.73. The highest BCUT2D eigenvalue weighted by atomic mass is 35.5. The van der Waals surface area contributed by atoms with E-state index in [-0.39, 0.29) is 16.2 Å². The van der Waals surface area contributed by atoms with Crippen LogP contribution in [-0.2, 0) is 6.18 Å². The van der Waals surface area contributed by atoms with Crippen molar-refractivity contribution < 1.29 is 13.2 Å². The molecule has 1 aliphatic heterocycles. The fourth-order valence-electron chi connectivity index (χ4n) is 1.69. The fraction of sp³-hybridized carbons (Fsp3) is 0.462. The highest BCUT2D eigenvalue weighted by Gasteiger charge is 2.32. The second kappa shape index (κ2) is 5.48. The van der Waals surface area contributed by atoms with Gasteiger partial charge in [-0.2, -0.15) is 13.2 Å². The van der Waals surface area contributed by atoms with Crippen molar-refractivity contribution in [2.24, 2.45) is 4.99 Å². The van der Waals surface area contributed by atoms with Crippen molar-refractivity contribution in [1.82, 2.24) is 0 Å². The van der Waals surface area contributed by atoms with E-state index in [1.807, 2.05) is 13.8 Å². The molecular weight excluding hydrogens is 309 g/mol. The molecule has 1 atom stereocenters. The lowest BCUT2D eigenvalue weighted by Gasteiger charge is -2.15. The second-order valence-electron chi connectivity index (χ2n) is 4.87. The number of hydrogen-bond donors (Lipinski definition) is 1. The van der Waals surface area contributed by atoms with Crippen LogP contribution in [0.25, 0.3) is 0 Å². The Balaban J connectivity index is 2.24. The zero-order valence-electron chi connectivity index (χ0n) is 11.0. The molecule has 1 heterocycles. The van der Waals surface area contributed by atoms with Crippen molar-refractivity contribution >= 4 is 34.2 Å². The molecule has 0 aromatic heterocycles. The minimum absolute atomic E-state index is 0.166. The van der Waals surface area contributed by atoms with Gasteiger partial charge < -0.3 is 5.32 Å². The van der Waals surface area contributed by atoms with Gasteiger partial charge in [-0.05, 0) is 31.5 Å². The van der Waals surface area contributed by atoms with Crippen molar-refractivity contribution in [2.75, 3.05) is 11.1 Å². The van der Waals surface area contributed by atoms with Crippen molar-refractivity contribution in [1.29, 1.82) is 0 Å². The number of nitrogens with one attached hydrogen (secondary N) is 1. The summed E-state index contributed by atoms with van der Waals surface area (Å²) in [5, 5.41) is 3.74. The van der Waals surface area contributed by atoms with Crippen LogP contribution < -0.4 is 5.32 Å². The van der Waals surface area contributed by atoms with Gasteiger partial charge in [0.25, 0.3) is 0 Å². The summed E-state index contributed by atoms with van der Waals surface area (Å²) in [5.74, 6) is 0.808. The molecule has 0 spiro atoms. The summed E-state index contributed by atoms with van der Waals surface area (Å²) < 4.78 is 38.1. The maximum atomic E-state index is 12.7. The molecule has 0 saturated carbocycles. The maximum absolute atomic E-state index is 12.7. The number of nitrogens with zero attached hydrogens (tertiary/aromatic N) is 1. The monoisotopic (exact) mass is 322 g/mol. The van der Waals surface area contributed by atoms with Gasteiger partial charge in [-0.1, -0.05) is 30.3 Å². The van der Waals surface area contributed by atoms with Crippen LogP contribution in [0.3, 0.4) is 0 Å². The Hall–Kier alpha value is -0.880. The largest absolute Gasteiger partial charge is 0.416 e. The molecule has 1 unspecified atom stereocenters. The Morgan fingerprint density at radius 2 is 2.15 bits per heavy atom. The van der Waals surface area contributed by atoms with Crippen LogP contribution in [0, 0.1) is 0 Å². The van der Waals surface area contributed by atoms with E-state index in [0.717, 1.165) is 24.3 Å². The molecule has 110 valence electrons. The summed E-state index contributed by atoms with van der Waals surface area (Å²) in [5.41, 5.74) is -0.666. The molecule has 0 saturated heterocycles. The van der Waals surface area contributed by atoms with E-state index in [1.54, 1.807) is 0 Å². The lowest BCUT2D eigenvalue weighted by Crippen LogP contribution is -2.20. The highest BCUT2D eigenvalue weighted by molar-refractivity contribution is 8.14. The van der Waals surface area contributed by atoms with E-state index < -0.39 is 11.7 Å². The molecule has 1 aromatic rings. The van der Waals surface area contributed by atoms with E-state index in [2.05, 4.69) is 10.3 Å². The summed E-state index contributed by atoms with van der Waals surface area (Å²) in [6.45, 7) is 4.05. The zero-order valence-corrected chi connectivity index (χ0v) is 12.6. The summed E-state index contributed by atoms with van der Waals surface area (Å²) in [7, 11) is 0. The lowest BCUT2D eigenvalue weighted by molar-refractivity contribution is -0.137. The van der Waals surface area contributed by atoms with Gasteiger partial charge in [-0.15, -0.1) is 0 Å². The van der Waals surface area contributed by atoms with Gasteiger partial charge in [-0.25, -0.2) is 0 Å². The van der Waals surface area contributed by atoms with Crippen LogP contribution in [-0.4, -0.2) is 16.5 Å². The van der Waals surface area contributed by atoms with Crippen molar-refractivity contribution in [3.63, 3.8) is 0 Å². The number of halogens is 4. The maximum Gasteiger partial charge on any atom is 0.416 e. The molecule has 0 aliphatic carbocycles. The standard InChI is InChI=1S/C13H14ClF3N2S/c1-3-12(2)7-20-11(19-12)18-10-6-8(13(15,16)17)4-5-9(10)14/h4-6H,3,7H2,1-2H3,(H,18,19). The number of hydrogen-bond acceptors (Lipinski definition) is 3. The molecule has 0 fully saturated rings. The fourth-order valence-corrected chi connectivity index (χ4v) is 3.04. The molecule has 1 aromatic carbocycles. The first-order valence-corrected chi connectivity index (χ1v) is 7.46. The van der Waals surface area contributed by atoms with Gasteiger partial charge >= 0.3 is 6.18 Å². The van der Waals surface area contributed by atoms with E-state index in [0.29, 0.717) is 5.17 Å². The Morgan fingerprint density at radius 1 is 1.45 bits per heavy atom. The molecular formula is C13H14ClF3N2S. The third kappa shape index (κ3) is 3.41. The van der Waals surface area contributed by atoms with Crippen molar-refractivity contribution in [2.45, 2.75) is 32.0 Å². The Bertz CT molecular complexity index is 545. The quantitative estimate of drug-likeness (QED) is 0.824. The number of alkyl halides is 3. The topological polar surface area (TPSA) is 24.4 Å². The number of rotatable bonds is 2. The van der Waals surface area contributed by atoms with Crippen LogP contribution >= 0.6 is 23.4 Å². The molecule has 0 amide bonds. The molecule has 7 heteroatoms. The van der Waals surface area contributed by atoms with Crippen molar-refractivity contribution in [3.05, 3.63) is 28.8 Å². The van der Waals surface area contributed by atoms with Crippen LogP contribution in [0.5, 0.6) is 0 Å². The molecule has 2 rings (SSSR count). The number of aliphatic imine (C=N–C) groups is 1. The van der Waals surface area contributed by atoms with E-state index in [4.69, 9.17) is 11.6 Å². The first-order chi connectivity index (χ1) is 9.23. The third-order valence-corrected chi connectivity index (χ3v) is 4.75. The molecule has 1 N–H and O–H groups in total. The van der Waals surface area contributed by atoms with Gasteiger partial charge in [0.2, 0.25) is 0 Å². The van der Waals surface area contributed by atoms with Gasteiger partial charge in [0.05, 0.1) is 21.8 Å². The summed E-state index contributed by atoms with van der Waals surface area (Å²) in [6, 6.07) is 3.21. The normalized spacial score (nSPS) is 22.8. The first kappa shape index (κ1) is 15.5. The van der Waals surface area contributed by atoms with Crippen LogP contribution in [0.4, 0.5) is 18.9 Å². The molecule has 2 nitrogen and oxygen atoms in total. The third-order valence-electron chi connectivity index (χ3n) is 3.19. The summed E-state index contributed by atoms with van der Waals surface area (Å²) in [6.07, 6.45) is -3.51. The number of anilines is 1. The van der Waals surface area contributed by atoms with Crippen LogP contribution in [0.15, 0.2) is 23.2 Å². The first-order valence-electron chi connectivity index (χ1n) is 6.10. The summed E-state index contributed by atoms with van der Waals surface area (Å²) in [4.78, 5) is 4.50. The second-order valence-corrected chi connectivity index (χ2v) is 6.24. The van der Waals surface area contributed by atoms with Crippen molar-refractivity contribution in [3.8, 4) is 0 Å². The Morgan fingerprint density at radius 3 is 2.70 bits per heavy atom. The minimum atomic E-state index is -4.39. The zero-order chi connectivity index (χ0) is 15.0.